The third-order valence-corrected chi connectivity index (χ3v) is 4.77. The lowest BCUT2D eigenvalue weighted by molar-refractivity contribution is 0.415. The summed E-state index contributed by atoms with van der Waals surface area (Å²) in [6, 6.07) is 25.6. The minimum absolute atomic E-state index is 0.498. The van der Waals surface area contributed by atoms with Crippen LogP contribution < -0.4 is 4.74 Å². The molecule has 142 valence electrons. The molecule has 0 saturated carbocycles. The molecule has 0 bridgehead atoms. The summed E-state index contributed by atoms with van der Waals surface area (Å²) in [5.74, 6) is 1.28. The van der Waals surface area contributed by atoms with Crippen molar-refractivity contribution in [3.63, 3.8) is 0 Å². The molecule has 0 amide bonds. The second-order valence-electron chi connectivity index (χ2n) is 6.65. The molecule has 0 spiro atoms. The molecule has 0 saturated heterocycles. The zero-order valence-electron chi connectivity index (χ0n) is 15.8. The van der Waals surface area contributed by atoms with Gasteiger partial charge in [-0.15, -0.1) is 5.10 Å². The van der Waals surface area contributed by atoms with Crippen LogP contribution in [0.3, 0.4) is 0 Å². The third-order valence-electron chi connectivity index (χ3n) is 4.77. The van der Waals surface area contributed by atoms with Gasteiger partial charge in [0.25, 0.3) is 0 Å². The van der Waals surface area contributed by atoms with Gasteiger partial charge in [-0.2, -0.15) is 0 Å². The van der Waals surface area contributed by atoms with E-state index in [4.69, 9.17) is 9.15 Å². The predicted octanol–water partition coefficient (Wildman–Crippen LogP) is 4.81. The molecule has 0 aliphatic rings. The van der Waals surface area contributed by atoms with E-state index in [0.717, 1.165) is 39.4 Å². The van der Waals surface area contributed by atoms with Crippen LogP contribution in [0, 0.1) is 0 Å². The second kappa shape index (κ2) is 7.24. The van der Waals surface area contributed by atoms with Gasteiger partial charge in [-0.1, -0.05) is 47.7 Å². The lowest BCUT2D eigenvalue weighted by Crippen LogP contribution is -2.04. The Bertz CT molecular complexity index is 1220. The molecule has 0 aliphatic carbocycles. The average molecular weight is 382 g/mol. The van der Waals surface area contributed by atoms with Crippen molar-refractivity contribution in [2.24, 2.45) is 0 Å². The van der Waals surface area contributed by atoms with Crippen molar-refractivity contribution in [3.8, 4) is 28.6 Å². The van der Waals surface area contributed by atoms with Gasteiger partial charge in [-0.05, 0) is 42.0 Å². The number of rotatable bonds is 5. The van der Waals surface area contributed by atoms with E-state index in [2.05, 4.69) is 27.4 Å². The predicted molar refractivity (Wildman–Crippen MR) is 111 cm³/mol. The normalized spacial score (nSPS) is 11.1. The summed E-state index contributed by atoms with van der Waals surface area (Å²) in [4.78, 5) is 4.69. The number of fused-ring (bicyclic) bond motifs is 1. The van der Waals surface area contributed by atoms with E-state index in [1.807, 2.05) is 71.4 Å². The Balaban J connectivity index is 1.66. The number of ether oxygens (including phenoxy) is 1. The van der Waals surface area contributed by atoms with E-state index in [0.29, 0.717) is 12.4 Å². The van der Waals surface area contributed by atoms with Gasteiger partial charge < -0.3 is 9.15 Å². The van der Waals surface area contributed by atoms with Gasteiger partial charge in [0.2, 0.25) is 5.89 Å². The maximum absolute atomic E-state index is 6.06. The highest BCUT2D eigenvalue weighted by Crippen LogP contribution is 2.33. The fourth-order valence-electron chi connectivity index (χ4n) is 3.31. The van der Waals surface area contributed by atoms with Gasteiger partial charge in [0.05, 0.1) is 13.7 Å². The van der Waals surface area contributed by atoms with Gasteiger partial charge in [0.15, 0.2) is 11.3 Å². The van der Waals surface area contributed by atoms with Gasteiger partial charge >= 0.3 is 0 Å². The van der Waals surface area contributed by atoms with Crippen molar-refractivity contribution < 1.29 is 9.15 Å². The molecule has 3 aromatic carbocycles. The van der Waals surface area contributed by atoms with Crippen molar-refractivity contribution in [1.82, 2.24) is 20.0 Å². The molecule has 0 aliphatic heterocycles. The Morgan fingerprint density at radius 3 is 2.41 bits per heavy atom. The maximum Gasteiger partial charge on any atom is 0.248 e. The SMILES string of the molecule is COc1ccc(-c2nnn(Cc3ccccc3)c2-c2nc3ccccc3o2)cc1. The maximum atomic E-state index is 6.06. The molecule has 2 heterocycles. The number of nitrogens with zero attached hydrogens (tertiary/aromatic N) is 4. The number of hydrogen-bond acceptors (Lipinski definition) is 5. The van der Waals surface area contributed by atoms with E-state index in [9.17, 15) is 0 Å². The topological polar surface area (TPSA) is 66.0 Å². The monoisotopic (exact) mass is 382 g/mol. The largest absolute Gasteiger partial charge is 0.497 e. The van der Waals surface area contributed by atoms with Crippen LogP contribution in [0.2, 0.25) is 0 Å². The van der Waals surface area contributed by atoms with E-state index in [1.165, 1.54) is 0 Å². The van der Waals surface area contributed by atoms with Gasteiger partial charge in [0.1, 0.15) is 17.0 Å². The highest BCUT2D eigenvalue weighted by molar-refractivity contribution is 5.80. The Labute approximate surface area is 167 Å². The third kappa shape index (κ3) is 3.25. The molecular weight excluding hydrogens is 364 g/mol. The first-order valence-corrected chi connectivity index (χ1v) is 9.29. The zero-order valence-corrected chi connectivity index (χ0v) is 15.8. The van der Waals surface area contributed by atoms with Crippen LogP contribution in [-0.2, 0) is 6.54 Å². The van der Waals surface area contributed by atoms with Crippen molar-refractivity contribution in [3.05, 3.63) is 84.4 Å². The fraction of sp³-hybridized carbons (Fsp3) is 0.0870. The zero-order chi connectivity index (χ0) is 19.6. The van der Waals surface area contributed by atoms with E-state index in [-0.39, 0.29) is 0 Å². The number of hydrogen-bond donors (Lipinski definition) is 0. The average Bonchev–Trinajstić information content (AvgIpc) is 3.38. The first-order valence-electron chi connectivity index (χ1n) is 9.29. The van der Waals surface area contributed by atoms with Crippen LogP contribution in [0.1, 0.15) is 5.56 Å². The van der Waals surface area contributed by atoms with E-state index < -0.39 is 0 Å². The Morgan fingerprint density at radius 1 is 0.897 bits per heavy atom. The Hall–Kier alpha value is -3.93. The summed E-state index contributed by atoms with van der Waals surface area (Å²) in [6.07, 6.45) is 0. The van der Waals surface area contributed by atoms with Crippen molar-refractivity contribution >= 4 is 11.1 Å². The van der Waals surface area contributed by atoms with Crippen LogP contribution >= 0.6 is 0 Å². The molecule has 5 rings (SSSR count). The molecule has 0 atom stereocenters. The lowest BCUT2D eigenvalue weighted by Gasteiger charge is -2.06. The minimum Gasteiger partial charge on any atom is -0.497 e. The molecule has 6 heteroatoms. The van der Waals surface area contributed by atoms with Crippen LogP contribution in [-0.4, -0.2) is 27.1 Å². The quantitative estimate of drug-likeness (QED) is 0.436. The molecular formula is C23H18N4O2. The number of oxazole rings is 1. The van der Waals surface area contributed by atoms with E-state index >= 15 is 0 Å². The van der Waals surface area contributed by atoms with Crippen molar-refractivity contribution in [2.45, 2.75) is 6.54 Å². The first-order chi connectivity index (χ1) is 14.3. The molecule has 0 fully saturated rings. The molecule has 0 radical (unpaired) electrons. The molecule has 0 unspecified atom stereocenters. The van der Waals surface area contributed by atoms with Crippen LogP contribution in [0.15, 0.2) is 83.3 Å². The molecule has 5 aromatic rings. The number of para-hydroxylation sites is 2. The summed E-state index contributed by atoms with van der Waals surface area (Å²) in [7, 11) is 1.65. The summed E-state index contributed by atoms with van der Waals surface area (Å²) in [5, 5.41) is 8.87. The van der Waals surface area contributed by atoms with Gasteiger partial charge in [-0.25, -0.2) is 9.67 Å². The summed E-state index contributed by atoms with van der Waals surface area (Å²) in [5.41, 5.74) is 5.04. The highest BCUT2D eigenvalue weighted by Gasteiger charge is 2.22. The molecule has 2 aromatic heterocycles. The standard InChI is InChI=1S/C23H18N4O2/c1-28-18-13-11-17(12-14-18)21-22(23-24-19-9-5-6-10-20(19)29-23)27(26-25-21)15-16-7-3-2-4-8-16/h2-14H,15H2,1H3. The van der Waals surface area contributed by atoms with E-state index in [1.54, 1.807) is 7.11 Å². The second-order valence-corrected chi connectivity index (χ2v) is 6.65. The Morgan fingerprint density at radius 2 is 1.66 bits per heavy atom. The number of methoxy groups -OCH3 is 1. The van der Waals surface area contributed by atoms with Crippen molar-refractivity contribution in [1.29, 1.82) is 0 Å². The fourth-order valence-corrected chi connectivity index (χ4v) is 3.31. The van der Waals surface area contributed by atoms with Gasteiger partial charge in [0, 0.05) is 5.56 Å². The summed E-state index contributed by atoms with van der Waals surface area (Å²) >= 11 is 0. The Kier molecular flexibility index (Phi) is 4.29. The summed E-state index contributed by atoms with van der Waals surface area (Å²) < 4.78 is 13.2. The molecule has 0 N–H and O–H groups in total. The minimum atomic E-state index is 0.498. The number of benzene rings is 3. The number of aromatic nitrogens is 4. The van der Waals surface area contributed by atoms with Crippen LogP contribution in [0.25, 0.3) is 33.9 Å². The first kappa shape index (κ1) is 17.2. The molecule has 6 nitrogen and oxygen atoms in total. The van der Waals surface area contributed by atoms with Crippen LogP contribution in [0.5, 0.6) is 5.75 Å². The summed E-state index contributed by atoms with van der Waals surface area (Å²) in [6.45, 7) is 0.568. The van der Waals surface area contributed by atoms with Crippen LogP contribution in [0.4, 0.5) is 0 Å². The smallest absolute Gasteiger partial charge is 0.248 e. The lowest BCUT2D eigenvalue weighted by atomic mass is 10.1. The molecule has 29 heavy (non-hydrogen) atoms. The highest BCUT2D eigenvalue weighted by atomic mass is 16.5. The van der Waals surface area contributed by atoms with Crippen molar-refractivity contribution in [2.75, 3.05) is 7.11 Å². The van der Waals surface area contributed by atoms with Gasteiger partial charge in [-0.3, -0.25) is 0 Å².